The van der Waals surface area contributed by atoms with Crippen molar-refractivity contribution in [3.8, 4) is 0 Å². The smallest absolute Gasteiger partial charge is 0.373 e. The van der Waals surface area contributed by atoms with Crippen molar-refractivity contribution in [1.29, 1.82) is 0 Å². The van der Waals surface area contributed by atoms with Crippen molar-refractivity contribution >= 4 is 17.3 Å². The van der Waals surface area contributed by atoms with Gasteiger partial charge in [0, 0.05) is 24.5 Å². The van der Waals surface area contributed by atoms with Crippen LogP contribution in [0.2, 0.25) is 0 Å². The molecule has 1 aromatic rings. The number of pyridine rings is 1. The normalized spacial score (nSPS) is 24.6. The molecule has 1 aliphatic rings. The molecule has 2 heterocycles. The number of morpholine rings is 1. The highest BCUT2D eigenvalue weighted by Crippen LogP contribution is 2.31. The third-order valence-corrected chi connectivity index (χ3v) is 3.39. The van der Waals surface area contributed by atoms with E-state index in [4.69, 9.17) is 16.3 Å². The second kappa shape index (κ2) is 5.54. The zero-order valence-electron chi connectivity index (χ0n) is 10.3. The minimum atomic E-state index is -4.43. The maximum absolute atomic E-state index is 12.6. The van der Waals surface area contributed by atoms with Crippen LogP contribution in [0.4, 0.5) is 18.9 Å². The van der Waals surface area contributed by atoms with E-state index in [0.29, 0.717) is 24.7 Å². The first-order valence-corrected chi connectivity index (χ1v) is 6.42. The lowest BCUT2D eigenvalue weighted by Crippen LogP contribution is -2.49. The van der Waals surface area contributed by atoms with Gasteiger partial charge in [0.2, 0.25) is 0 Å². The average molecular weight is 295 g/mol. The van der Waals surface area contributed by atoms with E-state index in [-0.39, 0.29) is 12.1 Å². The van der Waals surface area contributed by atoms with Crippen LogP contribution in [-0.4, -0.2) is 36.2 Å². The van der Waals surface area contributed by atoms with Crippen LogP contribution in [0.3, 0.4) is 0 Å². The van der Waals surface area contributed by atoms with Gasteiger partial charge in [-0.05, 0) is 19.1 Å². The molecule has 7 heteroatoms. The molecule has 3 nitrogen and oxygen atoms in total. The van der Waals surface area contributed by atoms with Crippen molar-refractivity contribution in [2.75, 3.05) is 23.9 Å². The Labute approximate surface area is 114 Å². The highest BCUT2D eigenvalue weighted by Gasteiger charge is 2.34. The maximum atomic E-state index is 12.6. The summed E-state index contributed by atoms with van der Waals surface area (Å²) >= 11 is 5.74. The van der Waals surface area contributed by atoms with Gasteiger partial charge in [0.1, 0.15) is 5.69 Å². The van der Waals surface area contributed by atoms with Crippen molar-refractivity contribution in [3.05, 3.63) is 24.0 Å². The summed E-state index contributed by atoms with van der Waals surface area (Å²) in [6.45, 7) is 2.82. The number of hydrogen-bond acceptors (Lipinski definition) is 3. The highest BCUT2D eigenvalue weighted by atomic mass is 35.5. The zero-order chi connectivity index (χ0) is 14.0. The Balaban J connectivity index is 2.25. The maximum Gasteiger partial charge on any atom is 0.433 e. The number of ether oxygens (including phenoxy) is 1. The van der Waals surface area contributed by atoms with E-state index in [0.717, 1.165) is 6.07 Å². The molecular formula is C12H14ClF3N2O. The molecule has 2 rings (SSSR count). The molecule has 2 atom stereocenters. The molecule has 0 saturated carbocycles. The van der Waals surface area contributed by atoms with Crippen molar-refractivity contribution in [2.45, 2.75) is 25.2 Å². The largest absolute Gasteiger partial charge is 0.433 e. The Morgan fingerprint density at radius 1 is 1.53 bits per heavy atom. The van der Waals surface area contributed by atoms with Gasteiger partial charge in [-0.25, -0.2) is 0 Å². The van der Waals surface area contributed by atoms with Crippen LogP contribution in [0.1, 0.15) is 12.6 Å². The fraction of sp³-hybridized carbons (Fsp3) is 0.583. The van der Waals surface area contributed by atoms with E-state index in [1.807, 2.05) is 11.8 Å². The minimum absolute atomic E-state index is 0.00273. The Morgan fingerprint density at radius 2 is 2.26 bits per heavy atom. The molecule has 0 N–H and O–H groups in total. The molecule has 0 bridgehead atoms. The molecule has 1 aromatic heterocycles. The summed E-state index contributed by atoms with van der Waals surface area (Å²) in [6.07, 6.45) is -3.42. The summed E-state index contributed by atoms with van der Waals surface area (Å²) in [4.78, 5) is 5.23. The van der Waals surface area contributed by atoms with Crippen LogP contribution >= 0.6 is 11.6 Å². The second-order valence-electron chi connectivity index (χ2n) is 4.51. The Hall–Kier alpha value is -1.01. The first kappa shape index (κ1) is 14.4. The topological polar surface area (TPSA) is 25.4 Å². The van der Waals surface area contributed by atoms with Crippen molar-refractivity contribution < 1.29 is 17.9 Å². The molecule has 1 saturated heterocycles. The predicted molar refractivity (Wildman–Crippen MR) is 66.5 cm³/mol. The second-order valence-corrected chi connectivity index (χ2v) is 4.82. The number of aromatic nitrogens is 1. The quantitative estimate of drug-likeness (QED) is 0.784. The Morgan fingerprint density at radius 3 is 2.89 bits per heavy atom. The monoisotopic (exact) mass is 294 g/mol. The van der Waals surface area contributed by atoms with Gasteiger partial charge in [0.05, 0.1) is 18.6 Å². The molecule has 19 heavy (non-hydrogen) atoms. The summed E-state index contributed by atoms with van der Waals surface area (Å²) in [5.74, 6) is 0.320. The standard InChI is InChI=1S/C12H14ClF3N2O/c1-8-7-19-10(5-13)6-18(8)9-2-3-17-11(4-9)12(14,15)16/h2-4,8,10H,5-7H2,1H3. The number of rotatable bonds is 2. The third kappa shape index (κ3) is 3.30. The number of hydrogen-bond donors (Lipinski definition) is 0. The van der Waals surface area contributed by atoms with Gasteiger partial charge in [0.25, 0.3) is 0 Å². The number of nitrogens with zero attached hydrogens (tertiary/aromatic N) is 2. The summed E-state index contributed by atoms with van der Waals surface area (Å²) in [5.41, 5.74) is -0.389. The molecule has 0 aliphatic carbocycles. The molecular weight excluding hydrogens is 281 g/mol. The van der Waals surface area contributed by atoms with E-state index in [1.165, 1.54) is 6.20 Å². The summed E-state index contributed by atoms with van der Waals surface area (Å²) in [5, 5.41) is 0. The zero-order valence-corrected chi connectivity index (χ0v) is 11.1. The van der Waals surface area contributed by atoms with Crippen LogP contribution < -0.4 is 4.90 Å². The fourth-order valence-electron chi connectivity index (χ4n) is 2.02. The van der Waals surface area contributed by atoms with Gasteiger partial charge in [-0.1, -0.05) is 0 Å². The molecule has 0 radical (unpaired) electrons. The van der Waals surface area contributed by atoms with E-state index < -0.39 is 11.9 Å². The molecule has 2 unspecified atom stereocenters. The predicted octanol–water partition coefficient (Wildman–Crippen LogP) is 2.93. The van der Waals surface area contributed by atoms with Gasteiger partial charge in [-0.3, -0.25) is 4.98 Å². The van der Waals surface area contributed by atoms with Crippen LogP contribution in [0.25, 0.3) is 0 Å². The van der Waals surface area contributed by atoms with Gasteiger partial charge >= 0.3 is 6.18 Å². The first-order chi connectivity index (χ1) is 8.91. The highest BCUT2D eigenvalue weighted by molar-refractivity contribution is 6.18. The van der Waals surface area contributed by atoms with Gasteiger partial charge in [-0.15, -0.1) is 11.6 Å². The number of alkyl halides is 4. The third-order valence-electron chi connectivity index (χ3n) is 3.04. The molecule has 1 fully saturated rings. The van der Waals surface area contributed by atoms with Gasteiger partial charge in [0.15, 0.2) is 0 Å². The lowest BCUT2D eigenvalue weighted by atomic mass is 10.1. The van der Waals surface area contributed by atoms with Crippen molar-refractivity contribution in [1.82, 2.24) is 4.98 Å². The lowest BCUT2D eigenvalue weighted by Gasteiger charge is -2.39. The van der Waals surface area contributed by atoms with E-state index >= 15 is 0 Å². The molecule has 0 amide bonds. The number of anilines is 1. The average Bonchev–Trinajstić information content (AvgIpc) is 2.38. The molecule has 0 aromatic carbocycles. The van der Waals surface area contributed by atoms with Crippen LogP contribution in [0.5, 0.6) is 0 Å². The minimum Gasteiger partial charge on any atom is -0.373 e. The van der Waals surface area contributed by atoms with Crippen molar-refractivity contribution in [3.63, 3.8) is 0 Å². The Kier molecular flexibility index (Phi) is 4.20. The van der Waals surface area contributed by atoms with Crippen molar-refractivity contribution in [2.24, 2.45) is 0 Å². The van der Waals surface area contributed by atoms with Crippen LogP contribution in [0, 0.1) is 0 Å². The Bertz CT molecular complexity index is 441. The van der Waals surface area contributed by atoms with E-state index in [9.17, 15) is 13.2 Å². The SMILES string of the molecule is CC1COC(CCl)CN1c1ccnc(C(F)(F)F)c1. The lowest BCUT2D eigenvalue weighted by molar-refractivity contribution is -0.141. The van der Waals surface area contributed by atoms with Crippen LogP contribution in [-0.2, 0) is 10.9 Å². The first-order valence-electron chi connectivity index (χ1n) is 5.89. The molecule has 1 aliphatic heterocycles. The van der Waals surface area contributed by atoms with Gasteiger partial charge in [-0.2, -0.15) is 13.2 Å². The summed E-state index contributed by atoms with van der Waals surface area (Å²) in [7, 11) is 0. The number of halogens is 4. The van der Waals surface area contributed by atoms with Crippen LogP contribution in [0.15, 0.2) is 18.3 Å². The van der Waals surface area contributed by atoms with E-state index in [1.54, 1.807) is 6.07 Å². The molecule has 106 valence electrons. The fourth-order valence-corrected chi connectivity index (χ4v) is 2.21. The summed E-state index contributed by atoms with van der Waals surface area (Å²) < 4.78 is 43.4. The van der Waals surface area contributed by atoms with E-state index in [2.05, 4.69) is 4.98 Å². The molecule has 0 spiro atoms. The summed E-state index contributed by atoms with van der Waals surface area (Å²) in [6, 6.07) is 2.64. The van der Waals surface area contributed by atoms with Gasteiger partial charge < -0.3 is 9.64 Å².